The summed E-state index contributed by atoms with van der Waals surface area (Å²) >= 11 is 5.82. The molecule has 0 aliphatic carbocycles. The van der Waals surface area contributed by atoms with Crippen molar-refractivity contribution in [3.05, 3.63) is 29.0 Å². The Morgan fingerprint density at radius 2 is 2.40 bits per heavy atom. The Balaban J connectivity index is 2.96. The fraction of sp³-hybridized carbons (Fsp3) is 0.300. The van der Waals surface area contributed by atoms with Crippen LogP contribution in [0.2, 0.25) is 5.02 Å². The first-order valence-electron chi connectivity index (χ1n) is 4.34. The van der Waals surface area contributed by atoms with Crippen molar-refractivity contribution in [2.75, 3.05) is 7.05 Å². The van der Waals surface area contributed by atoms with Crippen molar-refractivity contribution in [1.29, 1.82) is 5.26 Å². The molecule has 0 aliphatic rings. The van der Waals surface area contributed by atoms with Crippen LogP contribution in [0.15, 0.2) is 18.5 Å². The number of amides is 1. The first kappa shape index (κ1) is 11.5. The number of carbonyl (C=O) groups is 1. The van der Waals surface area contributed by atoms with Gasteiger partial charge in [0.15, 0.2) is 0 Å². The maximum absolute atomic E-state index is 11.8. The number of rotatable bonds is 2. The molecule has 0 N–H and O–H groups in total. The van der Waals surface area contributed by atoms with E-state index < -0.39 is 6.04 Å². The average molecular weight is 224 g/mol. The van der Waals surface area contributed by atoms with Gasteiger partial charge in [-0.05, 0) is 13.0 Å². The van der Waals surface area contributed by atoms with Crippen LogP contribution in [0.1, 0.15) is 17.3 Å². The second kappa shape index (κ2) is 4.76. The smallest absolute Gasteiger partial charge is 0.256 e. The van der Waals surface area contributed by atoms with Crippen molar-refractivity contribution in [3.8, 4) is 6.07 Å². The first-order chi connectivity index (χ1) is 7.07. The van der Waals surface area contributed by atoms with E-state index in [1.807, 2.05) is 6.07 Å². The minimum Gasteiger partial charge on any atom is -0.326 e. The van der Waals surface area contributed by atoms with Gasteiger partial charge in [0.05, 0.1) is 16.7 Å². The molecule has 1 heterocycles. The zero-order valence-electron chi connectivity index (χ0n) is 8.44. The summed E-state index contributed by atoms with van der Waals surface area (Å²) < 4.78 is 0. The van der Waals surface area contributed by atoms with E-state index in [-0.39, 0.29) is 5.91 Å². The third-order valence-electron chi connectivity index (χ3n) is 2.09. The number of carbonyl (C=O) groups excluding carboxylic acids is 1. The number of nitrogens with zero attached hydrogens (tertiary/aromatic N) is 3. The highest BCUT2D eigenvalue weighted by molar-refractivity contribution is 6.33. The van der Waals surface area contributed by atoms with Crippen LogP contribution in [-0.4, -0.2) is 28.9 Å². The summed E-state index contributed by atoms with van der Waals surface area (Å²) in [6.07, 6.45) is 2.89. The molecule has 1 atom stereocenters. The summed E-state index contributed by atoms with van der Waals surface area (Å²) in [5.41, 5.74) is 0.358. The molecule has 0 radical (unpaired) electrons. The Bertz CT molecular complexity index is 413. The molecule has 0 aromatic carbocycles. The second-order valence-electron chi connectivity index (χ2n) is 3.08. The van der Waals surface area contributed by atoms with Crippen LogP contribution in [0.25, 0.3) is 0 Å². The summed E-state index contributed by atoms with van der Waals surface area (Å²) in [6, 6.07) is 3.03. The van der Waals surface area contributed by atoms with Gasteiger partial charge in [-0.2, -0.15) is 5.26 Å². The van der Waals surface area contributed by atoms with Crippen LogP contribution in [-0.2, 0) is 0 Å². The number of pyridine rings is 1. The molecule has 15 heavy (non-hydrogen) atoms. The quantitative estimate of drug-likeness (QED) is 0.767. The maximum atomic E-state index is 11.8. The molecule has 5 heteroatoms. The van der Waals surface area contributed by atoms with Crippen LogP contribution in [0.4, 0.5) is 0 Å². The van der Waals surface area contributed by atoms with Crippen molar-refractivity contribution in [2.24, 2.45) is 0 Å². The van der Waals surface area contributed by atoms with Gasteiger partial charge in [-0.3, -0.25) is 9.78 Å². The lowest BCUT2D eigenvalue weighted by atomic mass is 10.2. The molecule has 0 saturated carbocycles. The van der Waals surface area contributed by atoms with E-state index in [9.17, 15) is 4.79 Å². The van der Waals surface area contributed by atoms with E-state index in [0.29, 0.717) is 10.6 Å². The third kappa shape index (κ3) is 2.45. The molecule has 1 aromatic rings. The van der Waals surface area contributed by atoms with Crippen LogP contribution < -0.4 is 0 Å². The van der Waals surface area contributed by atoms with E-state index in [4.69, 9.17) is 16.9 Å². The van der Waals surface area contributed by atoms with Gasteiger partial charge < -0.3 is 4.90 Å². The predicted molar refractivity (Wildman–Crippen MR) is 56.4 cm³/mol. The summed E-state index contributed by atoms with van der Waals surface area (Å²) in [6.45, 7) is 1.65. The van der Waals surface area contributed by atoms with Crippen LogP contribution in [0, 0.1) is 11.3 Å². The van der Waals surface area contributed by atoms with E-state index in [2.05, 4.69) is 4.98 Å². The topological polar surface area (TPSA) is 57.0 Å². The van der Waals surface area contributed by atoms with Gasteiger partial charge in [0.2, 0.25) is 0 Å². The molecule has 0 fully saturated rings. The number of hydrogen-bond donors (Lipinski definition) is 0. The minimum atomic E-state index is -0.485. The largest absolute Gasteiger partial charge is 0.326 e. The van der Waals surface area contributed by atoms with Gasteiger partial charge in [-0.25, -0.2) is 0 Å². The third-order valence-corrected chi connectivity index (χ3v) is 2.39. The van der Waals surface area contributed by atoms with Gasteiger partial charge in [0.1, 0.15) is 6.04 Å². The molecule has 0 bridgehead atoms. The van der Waals surface area contributed by atoms with Crippen molar-refractivity contribution >= 4 is 17.5 Å². The lowest BCUT2D eigenvalue weighted by Crippen LogP contribution is -2.34. The minimum absolute atomic E-state index is 0.281. The molecular weight excluding hydrogens is 214 g/mol. The maximum Gasteiger partial charge on any atom is 0.256 e. The monoisotopic (exact) mass is 223 g/mol. The van der Waals surface area contributed by atoms with Crippen LogP contribution in [0.3, 0.4) is 0 Å². The van der Waals surface area contributed by atoms with Gasteiger partial charge in [-0.1, -0.05) is 11.6 Å². The van der Waals surface area contributed by atoms with E-state index in [1.54, 1.807) is 14.0 Å². The summed E-state index contributed by atoms with van der Waals surface area (Å²) in [7, 11) is 1.56. The number of hydrogen-bond acceptors (Lipinski definition) is 3. The number of nitriles is 1. The standard InChI is InChI=1S/C10H10ClN3O/c1-7(5-12)14(2)10(15)8-3-4-13-6-9(8)11/h3-4,6-7H,1-2H3. The Hall–Kier alpha value is -1.60. The molecule has 4 nitrogen and oxygen atoms in total. The lowest BCUT2D eigenvalue weighted by Gasteiger charge is -2.19. The number of halogens is 1. The zero-order valence-corrected chi connectivity index (χ0v) is 9.19. The summed E-state index contributed by atoms with van der Waals surface area (Å²) in [5.74, 6) is -0.281. The Labute approximate surface area is 93.1 Å². The highest BCUT2D eigenvalue weighted by Gasteiger charge is 2.18. The molecule has 1 amide bonds. The Kier molecular flexibility index (Phi) is 3.64. The average Bonchev–Trinajstić information content (AvgIpc) is 2.26. The molecular formula is C10H10ClN3O. The first-order valence-corrected chi connectivity index (χ1v) is 4.72. The van der Waals surface area contributed by atoms with E-state index >= 15 is 0 Å². The van der Waals surface area contributed by atoms with Crippen molar-refractivity contribution in [3.63, 3.8) is 0 Å². The van der Waals surface area contributed by atoms with Gasteiger partial charge in [-0.15, -0.1) is 0 Å². The molecule has 0 aliphatic heterocycles. The summed E-state index contributed by atoms with van der Waals surface area (Å²) in [5, 5.41) is 8.97. The van der Waals surface area contributed by atoms with Crippen molar-refractivity contribution < 1.29 is 4.79 Å². The van der Waals surface area contributed by atoms with Gasteiger partial charge in [0.25, 0.3) is 5.91 Å². The Morgan fingerprint density at radius 3 is 2.93 bits per heavy atom. The van der Waals surface area contributed by atoms with Crippen LogP contribution in [0.5, 0.6) is 0 Å². The normalized spacial score (nSPS) is 11.6. The number of aromatic nitrogens is 1. The molecule has 1 unspecified atom stereocenters. The Morgan fingerprint density at radius 1 is 1.73 bits per heavy atom. The SMILES string of the molecule is CC(C#N)N(C)C(=O)c1ccncc1Cl. The highest BCUT2D eigenvalue weighted by atomic mass is 35.5. The second-order valence-corrected chi connectivity index (χ2v) is 3.48. The lowest BCUT2D eigenvalue weighted by molar-refractivity contribution is 0.0773. The van der Waals surface area contributed by atoms with Gasteiger partial charge in [0, 0.05) is 19.4 Å². The fourth-order valence-corrected chi connectivity index (χ4v) is 1.20. The van der Waals surface area contributed by atoms with Gasteiger partial charge >= 0.3 is 0 Å². The van der Waals surface area contributed by atoms with Crippen molar-refractivity contribution in [1.82, 2.24) is 9.88 Å². The molecule has 78 valence electrons. The van der Waals surface area contributed by atoms with E-state index in [0.717, 1.165) is 0 Å². The van der Waals surface area contributed by atoms with Crippen molar-refractivity contribution in [2.45, 2.75) is 13.0 Å². The highest BCUT2D eigenvalue weighted by Crippen LogP contribution is 2.15. The molecule has 1 aromatic heterocycles. The summed E-state index contributed by atoms with van der Waals surface area (Å²) in [4.78, 5) is 16.9. The van der Waals surface area contributed by atoms with E-state index in [1.165, 1.54) is 23.4 Å². The molecule has 0 saturated heterocycles. The molecule has 1 rings (SSSR count). The van der Waals surface area contributed by atoms with Crippen LogP contribution >= 0.6 is 11.6 Å². The zero-order chi connectivity index (χ0) is 11.4. The molecule has 0 spiro atoms. The fourth-order valence-electron chi connectivity index (χ4n) is 1.00. The predicted octanol–water partition coefficient (Wildman–Crippen LogP) is 1.72.